The average molecular weight is 288 g/mol. The topological polar surface area (TPSA) is 58.9 Å². The van der Waals surface area contributed by atoms with Crippen molar-refractivity contribution in [1.82, 2.24) is 0 Å². The third-order valence-electron chi connectivity index (χ3n) is 3.45. The molecule has 0 saturated carbocycles. The lowest BCUT2D eigenvalue weighted by molar-refractivity contribution is 0.373. The number of aromatic hydroxyl groups is 2. The summed E-state index contributed by atoms with van der Waals surface area (Å²) in [6.07, 6.45) is 2.47. The Balaban J connectivity index is 1.93. The first-order valence-electron chi connectivity index (χ1n) is 6.86. The molecule has 112 valence electrons. The summed E-state index contributed by atoms with van der Waals surface area (Å²) >= 11 is 0. The van der Waals surface area contributed by atoms with Gasteiger partial charge in [0.15, 0.2) is 11.5 Å². The third-order valence-corrected chi connectivity index (χ3v) is 3.45. The summed E-state index contributed by atoms with van der Waals surface area (Å²) in [7, 11) is 3.10. The Hall–Kier alpha value is -2.36. The highest BCUT2D eigenvalue weighted by atomic mass is 16.5. The fourth-order valence-corrected chi connectivity index (χ4v) is 2.26. The van der Waals surface area contributed by atoms with Crippen LogP contribution in [0.2, 0.25) is 0 Å². The summed E-state index contributed by atoms with van der Waals surface area (Å²) in [5.41, 5.74) is 1.94. The van der Waals surface area contributed by atoms with Crippen molar-refractivity contribution in [2.24, 2.45) is 0 Å². The van der Waals surface area contributed by atoms with Gasteiger partial charge in [-0.2, -0.15) is 0 Å². The molecule has 0 radical (unpaired) electrons. The van der Waals surface area contributed by atoms with E-state index in [2.05, 4.69) is 0 Å². The molecule has 0 fully saturated rings. The number of hydrogen-bond acceptors (Lipinski definition) is 4. The van der Waals surface area contributed by atoms with E-state index in [1.165, 1.54) is 7.11 Å². The highest BCUT2D eigenvalue weighted by Gasteiger charge is 2.05. The molecule has 4 heteroatoms. The molecule has 0 atom stereocenters. The van der Waals surface area contributed by atoms with Crippen LogP contribution >= 0.6 is 0 Å². The summed E-state index contributed by atoms with van der Waals surface area (Å²) in [4.78, 5) is 0. The van der Waals surface area contributed by atoms with Crippen molar-refractivity contribution < 1.29 is 19.7 Å². The van der Waals surface area contributed by atoms with Gasteiger partial charge in [-0.3, -0.25) is 0 Å². The Morgan fingerprint density at radius 1 is 0.857 bits per heavy atom. The number of phenols is 2. The molecule has 0 saturated heterocycles. The first kappa shape index (κ1) is 15.0. The number of methoxy groups -OCH3 is 2. The van der Waals surface area contributed by atoms with Gasteiger partial charge in [-0.25, -0.2) is 0 Å². The van der Waals surface area contributed by atoms with E-state index in [0.29, 0.717) is 11.5 Å². The number of hydrogen-bond donors (Lipinski definition) is 2. The Kier molecular flexibility index (Phi) is 4.93. The van der Waals surface area contributed by atoms with Gasteiger partial charge in [0.05, 0.1) is 14.2 Å². The molecule has 0 aliphatic carbocycles. The lowest BCUT2D eigenvalue weighted by Gasteiger charge is -2.08. The molecule has 2 rings (SSSR count). The molecule has 2 aromatic carbocycles. The van der Waals surface area contributed by atoms with Gasteiger partial charge in [0.2, 0.25) is 0 Å². The van der Waals surface area contributed by atoms with Crippen LogP contribution in [0.4, 0.5) is 0 Å². The van der Waals surface area contributed by atoms with Crippen LogP contribution in [0.1, 0.15) is 17.5 Å². The van der Waals surface area contributed by atoms with Gasteiger partial charge < -0.3 is 19.7 Å². The maximum atomic E-state index is 9.90. The number of rotatable bonds is 6. The molecule has 0 heterocycles. The minimum Gasteiger partial charge on any atom is -0.508 e. The molecule has 21 heavy (non-hydrogen) atoms. The van der Waals surface area contributed by atoms with E-state index in [0.717, 1.165) is 30.4 Å². The summed E-state index contributed by atoms with van der Waals surface area (Å²) in [6.45, 7) is 0. The predicted octanol–water partition coefficient (Wildman–Crippen LogP) is 3.29. The normalized spacial score (nSPS) is 10.4. The van der Waals surface area contributed by atoms with Gasteiger partial charge in [-0.1, -0.05) is 12.1 Å². The van der Waals surface area contributed by atoms with Crippen LogP contribution in [0.15, 0.2) is 36.4 Å². The van der Waals surface area contributed by atoms with Crippen molar-refractivity contribution in [1.29, 1.82) is 0 Å². The van der Waals surface area contributed by atoms with Crippen LogP contribution in [-0.2, 0) is 12.8 Å². The second kappa shape index (κ2) is 6.88. The molecular formula is C17H20O4. The van der Waals surface area contributed by atoms with E-state index in [1.807, 2.05) is 18.2 Å². The van der Waals surface area contributed by atoms with Crippen molar-refractivity contribution in [3.05, 3.63) is 47.5 Å². The number of aryl methyl sites for hydroxylation is 2. The van der Waals surface area contributed by atoms with E-state index < -0.39 is 0 Å². The Morgan fingerprint density at radius 2 is 1.67 bits per heavy atom. The van der Waals surface area contributed by atoms with Crippen LogP contribution < -0.4 is 9.47 Å². The van der Waals surface area contributed by atoms with E-state index >= 15 is 0 Å². The molecule has 4 nitrogen and oxygen atoms in total. The van der Waals surface area contributed by atoms with Gasteiger partial charge >= 0.3 is 0 Å². The van der Waals surface area contributed by atoms with E-state index in [1.54, 1.807) is 25.3 Å². The summed E-state index contributed by atoms with van der Waals surface area (Å²) in [5, 5.41) is 19.6. The van der Waals surface area contributed by atoms with Gasteiger partial charge in [0, 0.05) is 6.07 Å². The molecule has 0 aromatic heterocycles. The van der Waals surface area contributed by atoms with Gasteiger partial charge in [0.1, 0.15) is 11.5 Å². The van der Waals surface area contributed by atoms with E-state index in [9.17, 15) is 10.2 Å². The maximum absolute atomic E-state index is 9.90. The Labute approximate surface area is 124 Å². The standard InChI is InChI=1S/C17H20O4/c1-20-14-8-7-13(15(18)11-14)5-3-4-12-6-9-17(21-2)16(19)10-12/h6-11,18-19H,3-5H2,1-2H3. The van der Waals surface area contributed by atoms with E-state index in [-0.39, 0.29) is 11.5 Å². The largest absolute Gasteiger partial charge is 0.508 e. The summed E-state index contributed by atoms with van der Waals surface area (Å²) in [5.74, 6) is 1.54. The second-order valence-corrected chi connectivity index (χ2v) is 4.85. The molecule has 0 aliphatic heterocycles. The van der Waals surface area contributed by atoms with E-state index in [4.69, 9.17) is 9.47 Å². The minimum atomic E-state index is 0.155. The monoisotopic (exact) mass is 288 g/mol. The quantitative estimate of drug-likeness (QED) is 0.856. The lowest BCUT2D eigenvalue weighted by atomic mass is 10.0. The van der Waals surface area contributed by atoms with Crippen molar-refractivity contribution in [2.45, 2.75) is 19.3 Å². The molecule has 0 spiro atoms. The van der Waals surface area contributed by atoms with Crippen LogP contribution in [0.25, 0.3) is 0 Å². The molecule has 0 aliphatic rings. The highest BCUT2D eigenvalue weighted by Crippen LogP contribution is 2.28. The van der Waals surface area contributed by atoms with Crippen molar-refractivity contribution in [3.63, 3.8) is 0 Å². The highest BCUT2D eigenvalue weighted by molar-refractivity contribution is 5.42. The van der Waals surface area contributed by atoms with Gasteiger partial charge in [-0.15, -0.1) is 0 Å². The Bertz CT molecular complexity index is 608. The lowest BCUT2D eigenvalue weighted by Crippen LogP contribution is -1.92. The minimum absolute atomic E-state index is 0.155. The van der Waals surface area contributed by atoms with Crippen molar-refractivity contribution >= 4 is 0 Å². The molecule has 0 amide bonds. The molecule has 2 aromatic rings. The summed E-state index contributed by atoms with van der Waals surface area (Å²) < 4.78 is 10.1. The van der Waals surface area contributed by atoms with Crippen LogP contribution in [-0.4, -0.2) is 24.4 Å². The van der Waals surface area contributed by atoms with Gasteiger partial charge in [-0.05, 0) is 48.6 Å². The number of benzene rings is 2. The SMILES string of the molecule is COc1ccc(CCCc2ccc(OC)c(O)c2)c(O)c1. The third kappa shape index (κ3) is 3.81. The summed E-state index contributed by atoms with van der Waals surface area (Å²) in [6, 6.07) is 10.7. The van der Waals surface area contributed by atoms with Crippen LogP contribution in [0.3, 0.4) is 0 Å². The first-order chi connectivity index (χ1) is 10.1. The fourth-order valence-electron chi connectivity index (χ4n) is 2.26. The van der Waals surface area contributed by atoms with Crippen molar-refractivity contribution in [3.8, 4) is 23.0 Å². The van der Waals surface area contributed by atoms with Crippen LogP contribution in [0, 0.1) is 0 Å². The predicted molar refractivity (Wildman–Crippen MR) is 81.3 cm³/mol. The first-order valence-corrected chi connectivity index (χ1v) is 6.86. The molecule has 2 N–H and O–H groups in total. The second-order valence-electron chi connectivity index (χ2n) is 4.85. The number of phenolic OH excluding ortho intramolecular Hbond substituents is 2. The smallest absolute Gasteiger partial charge is 0.160 e. The van der Waals surface area contributed by atoms with Crippen molar-refractivity contribution in [2.75, 3.05) is 14.2 Å². The molecule has 0 bridgehead atoms. The number of ether oxygens (including phenoxy) is 2. The average Bonchev–Trinajstić information content (AvgIpc) is 2.49. The van der Waals surface area contributed by atoms with Crippen LogP contribution in [0.5, 0.6) is 23.0 Å². The maximum Gasteiger partial charge on any atom is 0.160 e. The molecule has 0 unspecified atom stereocenters. The zero-order chi connectivity index (χ0) is 15.2. The fraction of sp³-hybridized carbons (Fsp3) is 0.294. The van der Waals surface area contributed by atoms with Gasteiger partial charge in [0.25, 0.3) is 0 Å². The Morgan fingerprint density at radius 3 is 2.29 bits per heavy atom. The zero-order valence-corrected chi connectivity index (χ0v) is 12.3. The molecular weight excluding hydrogens is 268 g/mol. The zero-order valence-electron chi connectivity index (χ0n) is 12.3.